The van der Waals surface area contributed by atoms with Crippen LogP contribution < -0.4 is 10.6 Å². The first-order valence-electron chi connectivity index (χ1n) is 6.44. The monoisotopic (exact) mass is 250 g/mol. The molecule has 1 amide bonds. The number of carbonyl (C=O) groups is 1. The van der Waals surface area contributed by atoms with Gasteiger partial charge in [-0.15, -0.1) is 0 Å². The van der Waals surface area contributed by atoms with Crippen LogP contribution in [0.3, 0.4) is 0 Å². The van der Waals surface area contributed by atoms with Gasteiger partial charge in [-0.3, -0.25) is 4.79 Å². The van der Waals surface area contributed by atoms with Gasteiger partial charge >= 0.3 is 0 Å². The van der Waals surface area contributed by atoms with Crippen LogP contribution in [0, 0.1) is 12.7 Å². The van der Waals surface area contributed by atoms with Crippen molar-refractivity contribution in [1.82, 2.24) is 5.32 Å². The second kappa shape index (κ2) is 5.85. The topological polar surface area (TPSA) is 41.1 Å². The zero-order valence-corrected chi connectivity index (χ0v) is 10.6. The molecule has 1 aliphatic rings. The van der Waals surface area contributed by atoms with Crippen molar-refractivity contribution in [3.63, 3.8) is 0 Å². The van der Waals surface area contributed by atoms with E-state index in [0.717, 1.165) is 12.8 Å². The number of nitrogens with one attached hydrogen (secondary N) is 2. The third kappa shape index (κ3) is 3.45. The number of amides is 1. The van der Waals surface area contributed by atoms with E-state index >= 15 is 0 Å². The summed E-state index contributed by atoms with van der Waals surface area (Å²) in [5.74, 6) is -0.279. The summed E-state index contributed by atoms with van der Waals surface area (Å²) in [6, 6.07) is 5.22. The van der Waals surface area contributed by atoms with Gasteiger partial charge in [-0.05, 0) is 37.5 Å². The second-order valence-electron chi connectivity index (χ2n) is 4.87. The fraction of sp³-hybridized carbons (Fsp3) is 0.500. The van der Waals surface area contributed by atoms with Gasteiger partial charge in [0, 0.05) is 11.7 Å². The van der Waals surface area contributed by atoms with Crippen molar-refractivity contribution in [3.05, 3.63) is 29.6 Å². The number of anilines is 1. The van der Waals surface area contributed by atoms with Crippen LogP contribution >= 0.6 is 0 Å². The van der Waals surface area contributed by atoms with Crippen molar-refractivity contribution in [2.45, 2.75) is 38.6 Å². The zero-order chi connectivity index (χ0) is 13.0. The van der Waals surface area contributed by atoms with Gasteiger partial charge in [0.1, 0.15) is 5.82 Å². The Morgan fingerprint density at radius 2 is 2.11 bits per heavy atom. The first-order chi connectivity index (χ1) is 8.65. The van der Waals surface area contributed by atoms with Gasteiger partial charge in [0.15, 0.2) is 0 Å². The van der Waals surface area contributed by atoms with Gasteiger partial charge in [0.05, 0.1) is 6.54 Å². The van der Waals surface area contributed by atoms with Crippen molar-refractivity contribution in [2.75, 3.05) is 11.9 Å². The molecule has 4 heteroatoms. The highest BCUT2D eigenvalue weighted by atomic mass is 19.1. The van der Waals surface area contributed by atoms with E-state index in [1.165, 1.54) is 18.9 Å². The molecule has 1 aliphatic carbocycles. The van der Waals surface area contributed by atoms with Crippen molar-refractivity contribution in [3.8, 4) is 0 Å². The maximum atomic E-state index is 13.3. The molecule has 0 atom stereocenters. The third-order valence-corrected chi connectivity index (χ3v) is 3.35. The van der Waals surface area contributed by atoms with E-state index in [-0.39, 0.29) is 18.3 Å². The van der Waals surface area contributed by atoms with E-state index in [9.17, 15) is 9.18 Å². The largest absolute Gasteiger partial charge is 0.376 e. The summed E-state index contributed by atoms with van der Waals surface area (Å²) in [5, 5.41) is 5.91. The molecule has 0 aromatic heterocycles. The van der Waals surface area contributed by atoms with Crippen LogP contribution in [0.15, 0.2) is 18.2 Å². The number of aryl methyl sites for hydroxylation is 1. The number of halogens is 1. The van der Waals surface area contributed by atoms with Gasteiger partial charge in [-0.2, -0.15) is 0 Å². The smallest absolute Gasteiger partial charge is 0.239 e. The minimum atomic E-state index is -0.254. The van der Waals surface area contributed by atoms with Crippen LogP contribution in [-0.2, 0) is 4.79 Å². The molecular formula is C14H19FN2O. The molecular weight excluding hydrogens is 231 g/mol. The van der Waals surface area contributed by atoms with Crippen molar-refractivity contribution in [2.24, 2.45) is 0 Å². The molecule has 18 heavy (non-hydrogen) atoms. The second-order valence-corrected chi connectivity index (χ2v) is 4.87. The van der Waals surface area contributed by atoms with Crippen LogP contribution in [0.25, 0.3) is 0 Å². The van der Waals surface area contributed by atoms with Crippen LogP contribution in [0.1, 0.15) is 31.2 Å². The molecule has 1 aromatic rings. The fourth-order valence-electron chi connectivity index (χ4n) is 2.23. The molecule has 1 saturated carbocycles. The highest BCUT2D eigenvalue weighted by Gasteiger charge is 2.16. The van der Waals surface area contributed by atoms with E-state index in [2.05, 4.69) is 10.6 Å². The molecule has 0 heterocycles. The summed E-state index contributed by atoms with van der Waals surface area (Å²) in [6.07, 6.45) is 4.54. The van der Waals surface area contributed by atoms with Crippen molar-refractivity contribution >= 4 is 11.6 Å². The Hall–Kier alpha value is -1.58. The van der Waals surface area contributed by atoms with E-state index < -0.39 is 0 Å². The molecule has 1 fully saturated rings. The van der Waals surface area contributed by atoms with Crippen LogP contribution in [0.2, 0.25) is 0 Å². The lowest BCUT2D eigenvalue weighted by atomic mass is 10.2. The Morgan fingerprint density at radius 1 is 1.39 bits per heavy atom. The molecule has 0 bridgehead atoms. The third-order valence-electron chi connectivity index (χ3n) is 3.35. The van der Waals surface area contributed by atoms with Crippen molar-refractivity contribution in [1.29, 1.82) is 0 Å². The average molecular weight is 250 g/mol. The molecule has 0 saturated heterocycles. The molecule has 2 rings (SSSR count). The molecule has 98 valence electrons. The predicted molar refractivity (Wildman–Crippen MR) is 70.0 cm³/mol. The lowest BCUT2D eigenvalue weighted by Gasteiger charge is -2.13. The molecule has 2 N–H and O–H groups in total. The summed E-state index contributed by atoms with van der Waals surface area (Å²) in [6.45, 7) is 1.91. The lowest BCUT2D eigenvalue weighted by molar-refractivity contribution is -0.120. The molecule has 0 aliphatic heterocycles. The van der Waals surface area contributed by atoms with E-state index in [1.807, 2.05) is 0 Å². The highest BCUT2D eigenvalue weighted by molar-refractivity contribution is 5.81. The molecule has 1 aromatic carbocycles. The minimum absolute atomic E-state index is 0.0251. The zero-order valence-electron chi connectivity index (χ0n) is 10.6. The Labute approximate surface area is 107 Å². The molecule has 3 nitrogen and oxygen atoms in total. The van der Waals surface area contributed by atoms with Crippen molar-refractivity contribution < 1.29 is 9.18 Å². The minimum Gasteiger partial charge on any atom is -0.376 e. The lowest BCUT2D eigenvalue weighted by Crippen LogP contribution is -2.36. The number of benzene rings is 1. The Kier molecular flexibility index (Phi) is 4.18. The number of carbonyl (C=O) groups excluding carboxylic acids is 1. The summed E-state index contributed by atoms with van der Waals surface area (Å²) < 4.78 is 13.3. The van der Waals surface area contributed by atoms with Gasteiger partial charge in [-0.1, -0.05) is 18.9 Å². The van der Waals surface area contributed by atoms with E-state index in [0.29, 0.717) is 17.3 Å². The van der Waals surface area contributed by atoms with Gasteiger partial charge < -0.3 is 10.6 Å². The van der Waals surface area contributed by atoms with Crippen LogP contribution in [0.4, 0.5) is 10.1 Å². The Bertz CT molecular complexity index is 428. The number of rotatable bonds is 4. The van der Waals surface area contributed by atoms with Gasteiger partial charge in [0.2, 0.25) is 5.91 Å². The summed E-state index contributed by atoms with van der Waals surface area (Å²) >= 11 is 0. The standard InChI is InChI=1S/C14H19FN2O/c1-10-6-7-12(8-13(10)15)16-9-14(18)17-11-4-2-3-5-11/h6-8,11,16H,2-5,9H2,1H3,(H,17,18). The van der Waals surface area contributed by atoms with E-state index in [1.54, 1.807) is 19.1 Å². The fourth-order valence-corrected chi connectivity index (χ4v) is 2.23. The predicted octanol–water partition coefficient (Wildman–Crippen LogP) is 2.60. The summed E-state index contributed by atoms with van der Waals surface area (Å²) in [7, 11) is 0. The first-order valence-corrected chi connectivity index (χ1v) is 6.44. The first kappa shape index (κ1) is 12.9. The molecule has 0 unspecified atom stereocenters. The highest BCUT2D eigenvalue weighted by Crippen LogP contribution is 2.17. The SMILES string of the molecule is Cc1ccc(NCC(=O)NC2CCCC2)cc1F. The Balaban J connectivity index is 1.79. The molecule has 0 spiro atoms. The Morgan fingerprint density at radius 3 is 2.78 bits per heavy atom. The maximum absolute atomic E-state index is 13.3. The average Bonchev–Trinajstić information content (AvgIpc) is 2.83. The maximum Gasteiger partial charge on any atom is 0.239 e. The van der Waals surface area contributed by atoms with Crippen LogP contribution in [-0.4, -0.2) is 18.5 Å². The quantitative estimate of drug-likeness (QED) is 0.862. The van der Waals surface area contributed by atoms with Gasteiger partial charge in [-0.25, -0.2) is 4.39 Å². The van der Waals surface area contributed by atoms with Gasteiger partial charge in [0.25, 0.3) is 0 Å². The summed E-state index contributed by atoms with van der Waals surface area (Å²) in [5.41, 5.74) is 1.25. The number of hydrogen-bond donors (Lipinski definition) is 2. The summed E-state index contributed by atoms with van der Waals surface area (Å²) in [4.78, 5) is 11.7. The molecule has 0 radical (unpaired) electrons. The van der Waals surface area contributed by atoms with E-state index in [4.69, 9.17) is 0 Å². The number of hydrogen-bond acceptors (Lipinski definition) is 2. The normalized spacial score (nSPS) is 15.7. The van der Waals surface area contributed by atoms with Crippen LogP contribution in [0.5, 0.6) is 0 Å².